The van der Waals surface area contributed by atoms with Crippen molar-refractivity contribution < 1.29 is 14.3 Å². The van der Waals surface area contributed by atoms with Crippen LogP contribution >= 0.6 is 15.9 Å². The van der Waals surface area contributed by atoms with E-state index in [-0.39, 0.29) is 6.42 Å². The molecule has 3 nitrogen and oxygen atoms in total. The first-order valence-corrected chi connectivity index (χ1v) is 7.12. The molecule has 5 heteroatoms. The summed E-state index contributed by atoms with van der Waals surface area (Å²) < 4.78 is 14.6. The predicted molar refractivity (Wildman–Crippen MR) is 82.7 cm³/mol. The Bertz CT molecular complexity index is 841. The van der Waals surface area contributed by atoms with E-state index in [1.807, 2.05) is 24.3 Å². The van der Waals surface area contributed by atoms with Crippen LogP contribution in [-0.2, 0) is 11.2 Å². The molecule has 0 fully saturated rings. The van der Waals surface area contributed by atoms with Gasteiger partial charge in [-0.15, -0.1) is 0 Å². The van der Waals surface area contributed by atoms with Crippen LogP contribution in [0.1, 0.15) is 5.56 Å². The lowest BCUT2D eigenvalue weighted by molar-refractivity contribution is -0.136. The molecule has 0 bridgehead atoms. The van der Waals surface area contributed by atoms with Crippen LogP contribution in [0.3, 0.4) is 0 Å². The second kappa shape index (κ2) is 5.33. The first-order chi connectivity index (χ1) is 10.0. The molecule has 1 heterocycles. The van der Waals surface area contributed by atoms with E-state index in [0.29, 0.717) is 11.1 Å². The number of para-hydroxylation sites is 1. The molecule has 21 heavy (non-hydrogen) atoms. The average Bonchev–Trinajstić information content (AvgIpc) is 2.75. The summed E-state index contributed by atoms with van der Waals surface area (Å²) in [5.41, 5.74) is 2.73. The lowest BCUT2D eigenvalue weighted by Crippen LogP contribution is -2.00. The number of hydrogen-bond acceptors (Lipinski definition) is 1. The molecule has 0 aliphatic heterocycles. The van der Waals surface area contributed by atoms with Crippen molar-refractivity contribution in [3.8, 4) is 11.3 Å². The quantitative estimate of drug-likeness (QED) is 0.739. The molecule has 0 spiro atoms. The Balaban J connectivity index is 2.16. The number of benzene rings is 2. The van der Waals surface area contributed by atoms with Gasteiger partial charge in [0.1, 0.15) is 5.82 Å². The van der Waals surface area contributed by atoms with Crippen molar-refractivity contribution in [3.63, 3.8) is 0 Å². The molecule has 0 unspecified atom stereocenters. The maximum absolute atomic E-state index is 13.7. The molecule has 0 saturated heterocycles. The number of hydrogen-bond donors (Lipinski definition) is 2. The smallest absolute Gasteiger partial charge is 0.307 e. The Kier molecular flexibility index (Phi) is 3.51. The van der Waals surface area contributed by atoms with Gasteiger partial charge in [-0.05, 0) is 45.8 Å². The monoisotopic (exact) mass is 347 g/mol. The van der Waals surface area contributed by atoms with E-state index < -0.39 is 11.8 Å². The van der Waals surface area contributed by atoms with Crippen LogP contribution in [-0.4, -0.2) is 16.1 Å². The third-order valence-electron chi connectivity index (χ3n) is 3.24. The summed E-state index contributed by atoms with van der Waals surface area (Å²) in [5, 5.41) is 9.85. The van der Waals surface area contributed by atoms with Crippen molar-refractivity contribution in [2.24, 2.45) is 0 Å². The van der Waals surface area contributed by atoms with Gasteiger partial charge in [-0.25, -0.2) is 4.39 Å². The molecule has 3 rings (SSSR count). The third kappa shape index (κ3) is 2.69. The number of aromatic nitrogens is 1. The van der Waals surface area contributed by atoms with Gasteiger partial charge in [0.25, 0.3) is 0 Å². The zero-order valence-corrected chi connectivity index (χ0v) is 12.4. The fraction of sp³-hybridized carbons (Fsp3) is 0.0625. The summed E-state index contributed by atoms with van der Waals surface area (Å²) in [7, 11) is 0. The predicted octanol–water partition coefficient (Wildman–Crippen LogP) is 4.36. The number of fused-ring (bicyclic) bond motifs is 1. The first kappa shape index (κ1) is 13.8. The summed E-state index contributed by atoms with van der Waals surface area (Å²) >= 11 is 3.52. The fourth-order valence-corrected chi connectivity index (χ4v) is 3.05. The van der Waals surface area contributed by atoms with Gasteiger partial charge in [0.05, 0.1) is 16.6 Å². The van der Waals surface area contributed by atoms with Crippen LogP contribution in [0.4, 0.5) is 4.39 Å². The summed E-state index contributed by atoms with van der Waals surface area (Å²) in [5.74, 6) is -1.43. The van der Waals surface area contributed by atoms with Crippen molar-refractivity contribution in [2.75, 3.05) is 0 Å². The van der Waals surface area contributed by atoms with E-state index in [9.17, 15) is 9.18 Å². The number of aromatic amines is 1. The van der Waals surface area contributed by atoms with Gasteiger partial charge in [-0.2, -0.15) is 0 Å². The molecule has 3 aromatic rings. The van der Waals surface area contributed by atoms with Crippen LogP contribution < -0.4 is 0 Å². The van der Waals surface area contributed by atoms with Crippen LogP contribution in [0.2, 0.25) is 0 Å². The normalized spacial score (nSPS) is 11.0. The Morgan fingerprint density at radius 1 is 1.24 bits per heavy atom. The van der Waals surface area contributed by atoms with E-state index in [4.69, 9.17) is 5.11 Å². The minimum atomic E-state index is -0.984. The highest BCUT2D eigenvalue weighted by Gasteiger charge is 2.13. The highest BCUT2D eigenvalue weighted by molar-refractivity contribution is 9.10. The van der Waals surface area contributed by atoms with Crippen molar-refractivity contribution in [1.82, 2.24) is 4.98 Å². The SMILES string of the molecule is O=C(O)Cc1cc(F)cc(-c2[nH]c3ccccc3c2Br)c1. The number of aliphatic carboxylic acids is 1. The highest BCUT2D eigenvalue weighted by Crippen LogP contribution is 2.35. The second-order valence-electron chi connectivity index (χ2n) is 4.78. The summed E-state index contributed by atoms with van der Waals surface area (Å²) in [6.45, 7) is 0. The Labute approximate surface area is 128 Å². The molecule has 0 amide bonds. The van der Waals surface area contributed by atoms with Crippen LogP contribution in [0.15, 0.2) is 46.9 Å². The number of carboxylic acid groups (broad SMARTS) is 1. The fourth-order valence-electron chi connectivity index (χ4n) is 2.38. The highest BCUT2D eigenvalue weighted by atomic mass is 79.9. The Morgan fingerprint density at radius 3 is 2.71 bits per heavy atom. The molecule has 0 aliphatic rings. The summed E-state index contributed by atoms with van der Waals surface area (Å²) in [6.07, 6.45) is -0.206. The molecule has 0 aliphatic carbocycles. The average molecular weight is 348 g/mol. The van der Waals surface area contributed by atoms with Crippen LogP contribution in [0, 0.1) is 5.82 Å². The van der Waals surface area contributed by atoms with Crippen molar-refractivity contribution >= 4 is 32.8 Å². The van der Waals surface area contributed by atoms with Gasteiger partial charge in [0, 0.05) is 16.5 Å². The van der Waals surface area contributed by atoms with Crippen LogP contribution in [0.25, 0.3) is 22.2 Å². The van der Waals surface area contributed by atoms with Crippen molar-refractivity contribution in [3.05, 3.63) is 58.3 Å². The topological polar surface area (TPSA) is 53.1 Å². The molecule has 0 saturated carbocycles. The number of H-pyrrole nitrogens is 1. The molecule has 2 N–H and O–H groups in total. The number of nitrogens with one attached hydrogen (secondary N) is 1. The van der Waals surface area contributed by atoms with E-state index in [2.05, 4.69) is 20.9 Å². The van der Waals surface area contributed by atoms with Crippen molar-refractivity contribution in [2.45, 2.75) is 6.42 Å². The maximum atomic E-state index is 13.7. The minimum Gasteiger partial charge on any atom is -0.481 e. The Hall–Kier alpha value is -2.14. The third-order valence-corrected chi connectivity index (χ3v) is 4.07. The minimum absolute atomic E-state index is 0.206. The van der Waals surface area contributed by atoms with Crippen molar-refractivity contribution in [1.29, 1.82) is 0 Å². The molecule has 106 valence electrons. The van der Waals surface area contributed by atoms with Gasteiger partial charge in [-0.1, -0.05) is 18.2 Å². The summed E-state index contributed by atoms with van der Waals surface area (Å²) in [6, 6.07) is 12.0. The Morgan fingerprint density at radius 2 is 2.00 bits per heavy atom. The number of halogens is 2. The molecule has 1 aromatic heterocycles. The van der Waals surface area contributed by atoms with Gasteiger partial charge >= 0.3 is 5.97 Å². The first-order valence-electron chi connectivity index (χ1n) is 6.32. The molecular weight excluding hydrogens is 337 g/mol. The second-order valence-corrected chi connectivity index (χ2v) is 5.57. The van der Waals surface area contributed by atoms with E-state index in [0.717, 1.165) is 21.1 Å². The van der Waals surface area contributed by atoms with Gasteiger partial charge in [0.15, 0.2) is 0 Å². The van der Waals surface area contributed by atoms with E-state index in [1.165, 1.54) is 12.1 Å². The largest absolute Gasteiger partial charge is 0.481 e. The lowest BCUT2D eigenvalue weighted by Gasteiger charge is -2.04. The number of carbonyl (C=O) groups is 1. The van der Waals surface area contributed by atoms with E-state index in [1.54, 1.807) is 6.07 Å². The number of rotatable bonds is 3. The zero-order valence-electron chi connectivity index (χ0n) is 10.9. The van der Waals surface area contributed by atoms with Crippen LogP contribution in [0.5, 0.6) is 0 Å². The summed E-state index contributed by atoms with van der Waals surface area (Å²) in [4.78, 5) is 14.0. The standard InChI is InChI=1S/C16H11BrFNO2/c17-15-12-3-1-2-4-13(12)19-16(15)10-5-9(7-14(20)21)6-11(18)8-10/h1-6,8,19H,7H2,(H,20,21). The molecule has 0 atom stereocenters. The maximum Gasteiger partial charge on any atom is 0.307 e. The molecule has 2 aromatic carbocycles. The molecule has 0 radical (unpaired) electrons. The molecular formula is C16H11BrFNO2. The number of carboxylic acids is 1. The van der Waals surface area contributed by atoms with Gasteiger partial charge < -0.3 is 10.1 Å². The van der Waals surface area contributed by atoms with Gasteiger partial charge in [-0.3, -0.25) is 4.79 Å². The lowest BCUT2D eigenvalue weighted by atomic mass is 10.1. The van der Waals surface area contributed by atoms with E-state index >= 15 is 0 Å². The van der Waals surface area contributed by atoms with Gasteiger partial charge in [0.2, 0.25) is 0 Å². The zero-order chi connectivity index (χ0) is 15.0.